The molecule has 0 unspecified atom stereocenters. The minimum Gasteiger partial charge on any atom is -0.395 e. The fourth-order valence-corrected chi connectivity index (χ4v) is 3.50. The van der Waals surface area contributed by atoms with E-state index in [1.54, 1.807) is 18.3 Å². The molecule has 1 fully saturated rings. The Morgan fingerprint density at radius 3 is 2.96 bits per heavy atom. The van der Waals surface area contributed by atoms with Crippen LogP contribution in [0.1, 0.15) is 31.0 Å². The fourth-order valence-electron chi connectivity index (χ4n) is 3.17. The Kier molecular flexibility index (Phi) is 6.34. The van der Waals surface area contributed by atoms with Gasteiger partial charge in [0.1, 0.15) is 11.5 Å². The van der Waals surface area contributed by atoms with Crippen molar-refractivity contribution in [1.82, 2.24) is 14.9 Å². The predicted octanol–water partition coefficient (Wildman–Crippen LogP) is 2.77. The van der Waals surface area contributed by atoms with Crippen molar-refractivity contribution in [2.24, 2.45) is 0 Å². The van der Waals surface area contributed by atoms with E-state index < -0.39 is 0 Å². The highest BCUT2D eigenvalue weighted by Crippen LogP contribution is 2.19. The summed E-state index contributed by atoms with van der Waals surface area (Å²) in [4.78, 5) is 26.2. The monoisotopic (exact) mass is 422 g/mol. The zero-order valence-electron chi connectivity index (χ0n) is 14.9. The highest BCUT2D eigenvalue weighted by atomic mass is 79.9. The lowest BCUT2D eigenvalue weighted by molar-refractivity contribution is 0.103. The van der Waals surface area contributed by atoms with Crippen LogP contribution in [0.4, 0.5) is 5.82 Å². The maximum absolute atomic E-state index is 12.9. The predicted molar refractivity (Wildman–Crippen MR) is 109 cm³/mol. The van der Waals surface area contributed by atoms with E-state index in [1.807, 2.05) is 19.1 Å². The minimum atomic E-state index is -0.116. The Balaban J connectivity index is 0.00000196. The van der Waals surface area contributed by atoms with Crippen LogP contribution in [0.15, 0.2) is 34.9 Å². The molecule has 1 aliphatic rings. The maximum Gasteiger partial charge on any atom is 0.213 e. The molecule has 0 spiro atoms. The molecule has 0 aromatic carbocycles. The van der Waals surface area contributed by atoms with Gasteiger partial charge in [-0.2, -0.15) is 0 Å². The normalized spacial score (nSPS) is 15.7. The number of aryl methyl sites for hydroxylation is 1. The topological polar surface area (TPSA) is 69.6 Å². The van der Waals surface area contributed by atoms with Gasteiger partial charge in [0.2, 0.25) is 5.78 Å². The number of rotatable bonds is 5. The van der Waals surface area contributed by atoms with Crippen LogP contribution in [-0.2, 0) is 0 Å². The van der Waals surface area contributed by atoms with Gasteiger partial charge < -0.3 is 10.0 Å². The van der Waals surface area contributed by atoms with Crippen molar-refractivity contribution in [3.05, 3.63) is 51.9 Å². The van der Waals surface area contributed by atoms with Crippen molar-refractivity contribution in [3.63, 3.8) is 0 Å². The van der Waals surface area contributed by atoms with Crippen LogP contribution >= 0.6 is 15.9 Å². The van der Waals surface area contributed by atoms with Gasteiger partial charge >= 0.3 is 0 Å². The lowest BCUT2D eigenvalue weighted by Gasteiger charge is -2.22. The summed E-state index contributed by atoms with van der Waals surface area (Å²) in [5.41, 5.74) is 1.69. The second-order valence-electron chi connectivity index (χ2n) is 6.40. The first-order valence-corrected chi connectivity index (χ1v) is 9.60. The quantitative estimate of drug-likeness (QED) is 0.746. The van der Waals surface area contributed by atoms with Crippen LogP contribution in [0, 0.1) is 6.92 Å². The smallest absolute Gasteiger partial charge is 0.213 e. The molecular weight excluding hydrogens is 396 g/mol. The van der Waals surface area contributed by atoms with E-state index in [9.17, 15) is 4.79 Å². The standard InChI is InChI=1S/C19H23BrN4O2.2H2/c1-14-16(12-15(20)13-21-14)19(26)17-4-2-5-18(22-17)24-7-3-6-23(8-9-24)10-11-25;;/h2,4-5,12-13,25H,3,6-11H2,1H3;2*1H. The van der Waals surface area contributed by atoms with Crippen LogP contribution in [0.2, 0.25) is 0 Å². The number of aliphatic hydroxyl groups excluding tert-OH is 1. The number of aliphatic hydroxyl groups is 1. The van der Waals surface area contributed by atoms with Crippen LogP contribution in [0.25, 0.3) is 0 Å². The first kappa shape index (κ1) is 18.9. The lowest BCUT2D eigenvalue weighted by Crippen LogP contribution is -2.32. The molecule has 1 aliphatic heterocycles. The largest absolute Gasteiger partial charge is 0.395 e. The van der Waals surface area contributed by atoms with Gasteiger partial charge in [-0.3, -0.25) is 14.7 Å². The average Bonchev–Trinajstić information content (AvgIpc) is 2.89. The highest BCUT2D eigenvalue weighted by molar-refractivity contribution is 9.10. The van der Waals surface area contributed by atoms with E-state index in [-0.39, 0.29) is 15.2 Å². The van der Waals surface area contributed by atoms with Gasteiger partial charge in [-0.05, 0) is 54.0 Å². The molecule has 0 radical (unpaired) electrons. The zero-order chi connectivity index (χ0) is 18.5. The number of nitrogens with zero attached hydrogens (tertiary/aromatic N) is 4. The zero-order valence-corrected chi connectivity index (χ0v) is 16.4. The van der Waals surface area contributed by atoms with Crippen molar-refractivity contribution < 1.29 is 12.8 Å². The van der Waals surface area contributed by atoms with E-state index in [1.165, 1.54) is 0 Å². The summed E-state index contributed by atoms with van der Waals surface area (Å²) in [6.45, 7) is 6.30. The minimum absolute atomic E-state index is 0. The second-order valence-corrected chi connectivity index (χ2v) is 7.32. The first-order chi connectivity index (χ1) is 12.6. The summed E-state index contributed by atoms with van der Waals surface area (Å²) in [6, 6.07) is 7.37. The van der Waals surface area contributed by atoms with E-state index in [2.05, 4.69) is 35.7 Å². The molecule has 6 nitrogen and oxygen atoms in total. The molecule has 3 rings (SSSR count). The van der Waals surface area contributed by atoms with Gasteiger partial charge in [0.15, 0.2) is 0 Å². The van der Waals surface area contributed by atoms with E-state index in [0.29, 0.717) is 23.5 Å². The maximum atomic E-state index is 12.9. The Hall–Kier alpha value is -1.83. The van der Waals surface area contributed by atoms with Crippen LogP contribution in [-0.4, -0.2) is 65.1 Å². The number of carbonyl (C=O) groups excluding carboxylic acids is 1. The summed E-state index contributed by atoms with van der Waals surface area (Å²) in [5.74, 6) is 0.706. The molecule has 1 saturated heterocycles. The molecule has 26 heavy (non-hydrogen) atoms. The summed E-state index contributed by atoms with van der Waals surface area (Å²) < 4.78 is 0.777. The first-order valence-electron chi connectivity index (χ1n) is 8.80. The third kappa shape index (κ3) is 4.47. The van der Waals surface area contributed by atoms with Crippen molar-refractivity contribution >= 4 is 27.5 Å². The van der Waals surface area contributed by atoms with Crippen LogP contribution in [0.3, 0.4) is 0 Å². The van der Waals surface area contributed by atoms with Gasteiger partial charge in [0.25, 0.3) is 0 Å². The summed E-state index contributed by atoms with van der Waals surface area (Å²) >= 11 is 3.38. The van der Waals surface area contributed by atoms with Crippen molar-refractivity contribution in [2.75, 3.05) is 44.2 Å². The fraction of sp³-hybridized carbons (Fsp3) is 0.421. The van der Waals surface area contributed by atoms with Crippen molar-refractivity contribution in [1.29, 1.82) is 0 Å². The number of halogens is 1. The molecule has 7 heteroatoms. The third-order valence-electron chi connectivity index (χ3n) is 4.59. The molecule has 0 amide bonds. The lowest BCUT2D eigenvalue weighted by atomic mass is 10.1. The van der Waals surface area contributed by atoms with E-state index in [0.717, 1.165) is 42.9 Å². The van der Waals surface area contributed by atoms with Gasteiger partial charge in [-0.15, -0.1) is 0 Å². The molecule has 0 atom stereocenters. The van der Waals surface area contributed by atoms with E-state index in [4.69, 9.17) is 5.11 Å². The van der Waals surface area contributed by atoms with Gasteiger partial charge in [0.05, 0.1) is 6.61 Å². The summed E-state index contributed by atoms with van der Waals surface area (Å²) in [5, 5.41) is 9.13. The van der Waals surface area contributed by atoms with Gasteiger partial charge in [-0.1, -0.05) is 6.07 Å². The Labute approximate surface area is 165 Å². The molecule has 2 aromatic rings. The molecular formula is C19H27BrN4O2. The summed E-state index contributed by atoms with van der Waals surface area (Å²) in [6.07, 6.45) is 2.69. The van der Waals surface area contributed by atoms with Crippen LogP contribution < -0.4 is 4.90 Å². The molecule has 3 heterocycles. The van der Waals surface area contributed by atoms with Gasteiger partial charge in [-0.25, -0.2) is 4.98 Å². The Morgan fingerprint density at radius 1 is 1.31 bits per heavy atom. The Bertz CT molecular complexity index is 794. The summed E-state index contributed by atoms with van der Waals surface area (Å²) in [7, 11) is 0. The molecule has 0 bridgehead atoms. The molecule has 142 valence electrons. The number of hydrogen-bond acceptors (Lipinski definition) is 6. The SMILES string of the molecule is Cc1ncc(Br)cc1C(=O)c1cccc(N2CCCN(CCO)CC2)n1.[HH].[HH]. The van der Waals surface area contributed by atoms with Gasteiger partial charge in [0, 0.05) is 51.0 Å². The second kappa shape index (κ2) is 8.70. The van der Waals surface area contributed by atoms with E-state index >= 15 is 0 Å². The molecule has 0 saturated carbocycles. The molecule has 0 aliphatic carbocycles. The van der Waals surface area contributed by atoms with Crippen molar-refractivity contribution in [2.45, 2.75) is 13.3 Å². The average molecular weight is 423 g/mol. The number of anilines is 1. The number of ketones is 1. The van der Waals surface area contributed by atoms with Crippen molar-refractivity contribution in [3.8, 4) is 0 Å². The molecule has 1 N–H and O–H groups in total. The number of pyridine rings is 2. The Morgan fingerprint density at radius 2 is 2.15 bits per heavy atom. The highest BCUT2D eigenvalue weighted by Gasteiger charge is 2.19. The third-order valence-corrected chi connectivity index (χ3v) is 5.03. The number of hydrogen-bond donors (Lipinski definition) is 1. The van der Waals surface area contributed by atoms with Crippen LogP contribution in [0.5, 0.6) is 0 Å². The number of β-amino-alcohol motifs (C(OH)–C–C–N with tert-alkyl or cyclic N) is 1. The number of carbonyl (C=O) groups is 1. The number of aromatic nitrogens is 2. The molecule has 2 aromatic heterocycles.